The van der Waals surface area contributed by atoms with Gasteiger partial charge in [-0.25, -0.2) is 4.39 Å². The number of nitrogens with one attached hydrogen (secondary N) is 1. The van der Waals surface area contributed by atoms with Crippen molar-refractivity contribution in [3.63, 3.8) is 0 Å². The highest BCUT2D eigenvalue weighted by Crippen LogP contribution is 2.14. The molecule has 3 N–H and O–H groups in total. The van der Waals surface area contributed by atoms with E-state index in [1.807, 2.05) is 0 Å². The first kappa shape index (κ1) is 8.93. The summed E-state index contributed by atoms with van der Waals surface area (Å²) in [7, 11) is 1.65. The fourth-order valence-electron chi connectivity index (χ4n) is 0.871. The van der Waals surface area contributed by atoms with Crippen LogP contribution in [-0.4, -0.2) is 12.0 Å². The van der Waals surface area contributed by atoms with Crippen LogP contribution >= 0.6 is 12.2 Å². The summed E-state index contributed by atoms with van der Waals surface area (Å²) in [4.78, 5) is 0.205. The molecule has 1 rings (SSSR count). The van der Waals surface area contributed by atoms with Gasteiger partial charge in [0.15, 0.2) is 0 Å². The second-order valence-corrected chi connectivity index (χ2v) is 2.75. The zero-order valence-corrected chi connectivity index (χ0v) is 7.41. The van der Waals surface area contributed by atoms with Gasteiger partial charge in [-0.15, -0.1) is 0 Å². The summed E-state index contributed by atoms with van der Waals surface area (Å²) in [5.74, 6) is -0.345. The van der Waals surface area contributed by atoms with Crippen LogP contribution in [0, 0.1) is 5.82 Å². The minimum atomic E-state index is -0.345. The first-order chi connectivity index (χ1) is 5.65. The number of thiocarbonyl (C=S) groups is 1. The molecule has 0 saturated heterocycles. The van der Waals surface area contributed by atoms with Crippen molar-refractivity contribution < 1.29 is 4.39 Å². The third-order valence-corrected chi connectivity index (χ3v) is 1.76. The first-order valence-corrected chi connectivity index (χ1v) is 3.83. The van der Waals surface area contributed by atoms with Crippen LogP contribution in [-0.2, 0) is 0 Å². The maximum atomic E-state index is 13.0. The van der Waals surface area contributed by atoms with Crippen molar-refractivity contribution in [2.45, 2.75) is 0 Å². The fraction of sp³-hybridized carbons (Fsp3) is 0.125. The molecule has 64 valence electrons. The van der Waals surface area contributed by atoms with E-state index in [1.54, 1.807) is 19.2 Å². The molecule has 0 aliphatic heterocycles. The third-order valence-electron chi connectivity index (χ3n) is 1.52. The van der Waals surface area contributed by atoms with Crippen molar-refractivity contribution in [1.82, 2.24) is 0 Å². The highest BCUT2D eigenvalue weighted by molar-refractivity contribution is 7.80. The Morgan fingerprint density at radius 2 is 2.25 bits per heavy atom. The number of nitrogens with two attached hydrogens (primary N) is 1. The summed E-state index contributed by atoms with van der Waals surface area (Å²) in [6, 6.07) is 4.59. The van der Waals surface area contributed by atoms with Crippen molar-refractivity contribution in [3.05, 3.63) is 29.6 Å². The van der Waals surface area contributed by atoms with E-state index in [9.17, 15) is 4.39 Å². The summed E-state index contributed by atoms with van der Waals surface area (Å²) in [6.45, 7) is 0. The Labute approximate surface area is 75.6 Å². The van der Waals surface area contributed by atoms with Crippen LogP contribution in [0.4, 0.5) is 10.1 Å². The molecule has 0 amide bonds. The van der Waals surface area contributed by atoms with E-state index in [-0.39, 0.29) is 10.8 Å². The number of rotatable bonds is 2. The van der Waals surface area contributed by atoms with Crippen molar-refractivity contribution in [2.75, 3.05) is 12.4 Å². The summed E-state index contributed by atoms with van der Waals surface area (Å²) < 4.78 is 13.0. The largest absolute Gasteiger partial charge is 0.389 e. The summed E-state index contributed by atoms with van der Waals surface area (Å²) in [5.41, 5.74) is 6.30. The number of benzene rings is 1. The lowest BCUT2D eigenvalue weighted by molar-refractivity contribution is 0.631. The normalized spacial score (nSPS) is 9.50. The van der Waals surface area contributed by atoms with E-state index in [2.05, 4.69) is 5.32 Å². The molecule has 0 aliphatic rings. The van der Waals surface area contributed by atoms with E-state index >= 15 is 0 Å². The van der Waals surface area contributed by atoms with Gasteiger partial charge < -0.3 is 11.1 Å². The Morgan fingerprint density at radius 3 is 2.67 bits per heavy atom. The van der Waals surface area contributed by atoms with Gasteiger partial charge in [0.2, 0.25) is 0 Å². The summed E-state index contributed by atoms with van der Waals surface area (Å²) in [5, 5.41) is 2.70. The maximum Gasteiger partial charge on any atom is 0.146 e. The van der Waals surface area contributed by atoms with E-state index in [4.69, 9.17) is 18.0 Å². The lowest BCUT2D eigenvalue weighted by Gasteiger charge is -2.03. The molecule has 0 bridgehead atoms. The predicted octanol–water partition coefficient (Wildman–Crippen LogP) is 1.50. The maximum absolute atomic E-state index is 13.0. The molecule has 0 aromatic heterocycles. The van der Waals surface area contributed by atoms with Gasteiger partial charge in [0.05, 0.1) is 5.69 Å². The summed E-state index contributed by atoms with van der Waals surface area (Å²) >= 11 is 4.69. The molecule has 0 aliphatic carbocycles. The molecule has 1 aromatic rings. The Bertz CT molecular complexity index is 312. The zero-order chi connectivity index (χ0) is 9.14. The quantitative estimate of drug-likeness (QED) is 0.684. The van der Waals surface area contributed by atoms with Crippen LogP contribution in [0.3, 0.4) is 0 Å². The third kappa shape index (κ3) is 1.71. The van der Waals surface area contributed by atoms with Crippen molar-refractivity contribution in [1.29, 1.82) is 0 Å². The van der Waals surface area contributed by atoms with E-state index in [0.717, 1.165) is 0 Å². The van der Waals surface area contributed by atoms with Crippen molar-refractivity contribution >= 4 is 22.9 Å². The standard InChI is InChI=1S/C8H9FN2S/c1-11-7-3-2-5(8(10)12)4-6(7)9/h2-4,11H,1H3,(H2,10,12). The molecule has 0 radical (unpaired) electrons. The molecular formula is C8H9FN2S. The van der Waals surface area contributed by atoms with Crippen LogP contribution in [0.5, 0.6) is 0 Å². The average molecular weight is 184 g/mol. The van der Waals surface area contributed by atoms with Gasteiger partial charge in [0, 0.05) is 12.6 Å². The molecule has 0 fully saturated rings. The second-order valence-electron chi connectivity index (χ2n) is 2.31. The molecule has 0 atom stereocenters. The number of anilines is 1. The highest BCUT2D eigenvalue weighted by Gasteiger charge is 2.02. The minimum absolute atomic E-state index is 0.205. The minimum Gasteiger partial charge on any atom is -0.389 e. The van der Waals surface area contributed by atoms with Crippen LogP contribution in [0.2, 0.25) is 0 Å². The van der Waals surface area contributed by atoms with Gasteiger partial charge >= 0.3 is 0 Å². The fourth-order valence-corrected chi connectivity index (χ4v) is 0.998. The van der Waals surface area contributed by atoms with Crippen LogP contribution in [0.25, 0.3) is 0 Å². The number of hydrogen-bond donors (Lipinski definition) is 2. The lowest BCUT2D eigenvalue weighted by atomic mass is 10.2. The molecule has 0 spiro atoms. The van der Waals surface area contributed by atoms with E-state index in [0.29, 0.717) is 11.3 Å². The van der Waals surface area contributed by atoms with Crippen molar-refractivity contribution in [3.8, 4) is 0 Å². The van der Waals surface area contributed by atoms with Gasteiger partial charge in [-0.1, -0.05) is 12.2 Å². The first-order valence-electron chi connectivity index (χ1n) is 3.42. The van der Waals surface area contributed by atoms with Crippen molar-refractivity contribution in [2.24, 2.45) is 5.73 Å². The van der Waals surface area contributed by atoms with Gasteiger partial charge in [0.25, 0.3) is 0 Å². The molecule has 2 nitrogen and oxygen atoms in total. The lowest BCUT2D eigenvalue weighted by Crippen LogP contribution is -2.09. The van der Waals surface area contributed by atoms with Gasteiger partial charge in [-0.2, -0.15) is 0 Å². The molecule has 4 heteroatoms. The summed E-state index contributed by atoms with van der Waals surface area (Å²) in [6.07, 6.45) is 0. The molecule has 12 heavy (non-hydrogen) atoms. The Balaban J connectivity index is 3.10. The van der Waals surface area contributed by atoms with Crippen LogP contribution in [0.15, 0.2) is 18.2 Å². The monoisotopic (exact) mass is 184 g/mol. The Kier molecular flexibility index (Phi) is 2.60. The highest BCUT2D eigenvalue weighted by atomic mass is 32.1. The van der Waals surface area contributed by atoms with E-state index < -0.39 is 0 Å². The Hall–Kier alpha value is -1.16. The van der Waals surface area contributed by atoms with Crippen LogP contribution < -0.4 is 11.1 Å². The smallest absolute Gasteiger partial charge is 0.146 e. The molecule has 0 heterocycles. The number of hydrogen-bond acceptors (Lipinski definition) is 2. The average Bonchev–Trinajstić information content (AvgIpc) is 2.04. The van der Waals surface area contributed by atoms with Gasteiger partial charge in [0.1, 0.15) is 10.8 Å². The zero-order valence-electron chi connectivity index (χ0n) is 6.60. The molecule has 0 saturated carbocycles. The van der Waals surface area contributed by atoms with Gasteiger partial charge in [-0.3, -0.25) is 0 Å². The van der Waals surface area contributed by atoms with Gasteiger partial charge in [-0.05, 0) is 18.2 Å². The molecule has 0 unspecified atom stereocenters. The second kappa shape index (κ2) is 3.49. The van der Waals surface area contributed by atoms with E-state index in [1.165, 1.54) is 6.07 Å². The van der Waals surface area contributed by atoms with Crippen LogP contribution in [0.1, 0.15) is 5.56 Å². The predicted molar refractivity (Wildman–Crippen MR) is 51.8 cm³/mol. The SMILES string of the molecule is CNc1ccc(C(N)=S)cc1F. The topological polar surface area (TPSA) is 38.0 Å². The molecular weight excluding hydrogens is 175 g/mol. The Morgan fingerprint density at radius 1 is 1.58 bits per heavy atom. The molecule has 1 aromatic carbocycles. The number of halogens is 1.